The zero-order valence-corrected chi connectivity index (χ0v) is 9.48. The summed E-state index contributed by atoms with van der Waals surface area (Å²) in [6.07, 6.45) is 2.59. The summed E-state index contributed by atoms with van der Waals surface area (Å²) in [5.74, 6) is 0.883. The molecule has 80 valence electrons. The van der Waals surface area contributed by atoms with Gasteiger partial charge in [-0.1, -0.05) is 24.3 Å². The van der Waals surface area contributed by atoms with E-state index in [1.807, 2.05) is 25.1 Å². The lowest BCUT2D eigenvalue weighted by atomic mass is 10.4. The molecular formula is C10H9N5S. The topological polar surface area (TPSA) is 56.0 Å². The molecule has 0 spiro atoms. The maximum absolute atomic E-state index is 4.46. The van der Waals surface area contributed by atoms with Crippen molar-refractivity contribution in [3.63, 3.8) is 0 Å². The van der Waals surface area contributed by atoms with E-state index in [4.69, 9.17) is 0 Å². The highest BCUT2D eigenvalue weighted by molar-refractivity contribution is 7.19. The molecule has 0 aliphatic carbocycles. The third-order valence-corrected chi connectivity index (χ3v) is 3.18. The maximum atomic E-state index is 4.46. The number of aryl methyl sites for hydroxylation is 1. The van der Waals surface area contributed by atoms with Crippen molar-refractivity contribution >= 4 is 16.3 Å². The van der Waals surface area contributed by atoms with Crippen molar-refractivity contribution in [2.45, 2.75) is 13.3 Å². The van der Waals surface area contributed by atoms with Gasteiger partial charge in [0.05, 0.1) is 0 Å². The predicted octanol–water partition coefficient (Wildman–Crippen LogP) is 1.81. The lowest BCUT2D eigenvalue weighted by molar-refractivity contribution is 0.837. The fourth-order valence-electron chi connectivity index (χ4n) is 1.47. The van der Waals surface area contributed by atoms with E-state index >= 15 is 0 Å². The van der Waals surface area contributed by atoms with Crippen molar-refractivity contribution in [2.24, 2.45) is 0 Å². The van der Waals surface area contributed by atoms with E-state index in [0.29, 0.717) is 0 Å². The quantitative estimate of drug-likeness (QED) is 0.675. The van der Waals surface area contributed by atoms with Crippen molar-refractivity contribution in [1.29, 1.82) is 0 Å². The van der Waals surface area contributed by atoms with Crippen molar-refractivity contribution < 1.29 is 0 Å². The second kappa shape index (κ2) is 3.64. The highest BCUT2D eigenvalue weighted by atomic mass is 32.1. The molecular weight excluding hydrogens is 222 g/mol. The first-order valence-corrected chi connectivity index (χ1v) is 5.82. The Balaban J connectivity index is 2.16. The van der Waals surface area contributed by atoms with Gasteiger partial charge in [0.1, 0.15) is 5.69 Å². The minimum Gasteiger partial charge on any atom is -0.254 e. The van der Waals surface area contributed by atoms with Crippen LogP contribution in [0.3, 0.4) is 0 Å². The molecule has 0 radical (unpaired) electrons. The molecule has 3 rings (SSSR count). The number of nitrogens with zero attached hydrogens (tertiary/aromatic N) is 5. The lowest BCUT2D eigenvalue weighted by Crippen LogP contribution is -1.93. The van der Waals surface area contributed by atoms with Gasteiger partial charge in [0, 0.05) is 12.6 Å². The van der Waals surface area contributed by atoms with E-state index in [1.165, 1.54) is 11.3 Å². The van der Waals surface area contributed by atoms with E-state index in [1.54, 1.807) is 10.7 Å². The summed E-state index contributed by atoms with van der Waals surface area (Å²) in [5, 5.41) is 13.5. The first-order valence-electron chi connectivity index (χ1n) is 5.01. The van der Waals surface area contributed by atoms with Crippen LogP contribution in [0.1, 0.15) is 12.7 Å². The Morgan fingerprint density at radius 3 is 3.00 bits per heavy atom. The van der Waals surface area contributed by atoms with Crippen LogP contribution in [0, 0.1) is 0 Å². The van der Waals surface area contributed by atoms with Crippen LogP contribution in [0.15, 0.2) is 24.4 Å². The van der Waals surface area contributed by atoms with E-state index in [2.05, 4.69) is 20.3 Å². The SMILES string of the molecule is CCc1nnc2sc(-c3ccccn3)nn12. The van der Waals surface area contributed by atoms with E-state index < -0.39 is 0 Å². The van der Waals surface area contributed by atoms with Gasteiger partial charge in [0.25, 0.3) is 0 Å². The van der Waals surface area contributed by atoms with Gasteiger partial charge in [-0.2, -0.15) is 9.61 Å². The molecule has 5 nitrogen and oxygen atoms in total. The zero-order valence-electron chi connectivity index (χ0n) is 8.66. The van der Waals surface area contributed by atoms with Gasteiger partial charge in [-0.3, -0.25) is 4.98 Å². The number of pyridine rings is 1. The Morgan fingerprint density at radius 1 is 1.31 bits per heavy atom. The molecule has 6 heteroatoms. The van der Waals surface area contributed by atoms with Crippen LogP contribution in [0.2, 0.25) is 0 Å². The molecule has 0 N–H and O–H groups in total. The minimum atomic E-state index is 0.817. The average Bonchev–Trinajstić information content (AvgIpc) is 2.89. The maximum Gasteiger partial charge on any atom is 0.235 e. The molecule has 0 aliphatic rings. The van der Waals surface area contributed by atoms with Gasteiger partial charge in [0.2, 0.25) is 4.96 Å². The van der Waals surface area contributed by atoms with Crippen LogP contribution in [0.25, 0.3) is 15.7 Å². The molecule has 3 aromatic rings. The Labute approximate surface area is 95.8 Å². The highest BCUT2D eigenvalue weighted by Crippen LogP contribution is 2.23. The van der Waals surface area contributed by atoms with Crippen LogP contribution >= 0.6 is 11.3 Å². The molecule has 0 saturated heterocycles. The second-order valence-electron chi connectivity index (χ2n) is 3.29. The Kier molecular flexibility index (Phi) is 2.14. The summed E-state index contributed by atoms with van der Waals surface area (Å²) >= 11 is 1.50. The first kappa shape index (κ1) is 9.41. The molecule has 0 bridgehead atoms. The van der Waals surface area contributed by atoms with Crippen LogP contribution < -0.4 is 0 Å². The molecule has 0 fully saturated rings. The zero-order chi connectivity index (χ0) is 11.0. The van der Waals surface area contributed by atoms with Gasteiger partial charge in [-0.25, -0.2) is 0 Å². The molecule has 0 saturated carbocycles. The fraction of sp³-hybridized carbons (Fsp3) is 0.200. The number of rotatable bonds is 2. The highest BCUT2D eigenvalue weighted by Gasteiger charge is 2.11. The standard InChI is InChI=1S/C10H9N5S/c1-2-8-12-13-10-15(8)14-9(16-10)7-5-3-4-6-11-7/h3-6H,2H2,1H3. The largest absolute Gasteiger partial charge is 0.254 e. The lowest BCUT2D eigenvalue weighted by Gasteiger charge is -1.91. The average molecular weight is 231 g/mol. The molecule has 16 heavy (non-hydrogen) atoms. The number of aromatic nitrogens is 5. The molecule has 0 atom stereocenters. The number of hydrogen-bond donors (Lipinski definition) is 0. The summed E-state index contributed by atoms with van der Waals surface area (Å²) in [4.78, 5) is 5.08. The third kappa shape index (κ3) is 1.38. The second-order valence-corrected chi connectivity index (χ2v) is 4.24. The van der Waals surface area contributed by atoms with E-state index in [-0.39, 0.29) is 0 Å². The first-order chi connectivity index (χ1) is 7.88. The molecule has 0 amide bonds. The monoisotopic (exact) mass is 231 g/mol. The molecule has 0 aromatic carbocycles. The third-order valence-electron chi connectivity index (χ3n) is 2.26. The summed E-state index contributed by atoms with van der Waals surface area (Å²) < 4.78 is 1.79. The normalized spacial score (nSPS) is 11.1. The predicted molar refractivity (Wildman–Crippen MR) is 61.3 cm³/mol. The summed E-state index contributed by atoms with van der Waals surface area (Å²) in [5.41, 5.74) is 0.875. The minimum absolute atomic E-state index is 0.817. The summed E-state index contributed by atoms with van der Waals surface area (Å²) in [7, 11) is 0. The number of hydrogen-bond acceptors (Lipinski definition) is 5. The summed E-state index contributed by atoms with van der Waals surface area (Å²) in [6, 6.07) is 5.78. The van der Waals surface area contributed by atoms with Gasteiger partial charge in [0.15, 0.2) is 10.8 Å². The van der Waals surface area contributed by atoms with Crippen LogP contribution in [-0.4, -0.2) is 24.8 Å². The van der Waals surface area contributed by atoms with Crippen LogP contribution in [-0.2, 0) is 6.42 Å². The van der Waals surface area contributed by atoms with E-state index in [9.17, 15) is 0 Å². The van der Waals surface area contributed by atoms with Crippen molar-refractivity contribution in [3.05, 3.63) is 30.2 Å². The van der Waals surface area contributed by atoms with Gasteiger partial charge in [-0.05, 0) is 12.1 Å². The van der Waals surface area contributed by atoms with Gasteiger partial charge >= 0.3 is 0 Å². The summed E-state index contributed by atoms with van der Waals surface area (Å²) in [6.45, 7) is 2.04. The van der Waals surface area contributed by atoms with Gasteiger partial charge < -0.3 is 0 Å². The molecule has 3 heterocycles. The van der Waals surface area contributed by atoms with Crippen LogP contribution in [0.4, 0.5) is 0 Å². The van der Waals surface area contributed by atoms with Gasteiger partial charge in [-0.15, -0.1) is 10.2 Å². The number of fused-ring (bicyclic) bond motifs is 1. The Morgan fingerprint density at radius 2 is 2.25 bits per heavy atom. The fourth-order valence-corrected chi connectivity index (χ4v) is 2.31. The van der Waals surface area contributed by atoms with E-state index in [0.717, 1.165) is 27.9 Å². The van der Waals surface area contributed by atoms with Crippen LogP contribution in [0.5, 0.6) is 0 Å². The molecule has 3 aromatic heterocycles. The van der Waals surface area contributed by atoms with Crippen molar-refractivity contribution in [1.82, 2.24) is 24.8 Å². The van der Waals surface area contributed by atoms with Crippen molar-refractivity contribution in [3.8, 4) is 10.7 Å². The molecule has 0 unspecified atom stereocenters. The Bertz CT molecular complexity index is 612. The smallest absolute Gasteiger partial charge is 0.235 e. The van der Waals surface area contributed by atoms with Crippen molar-refractivity contribution in [2.75, 3.05) is 0 Å². The Hall–Kier alpha value is -1.82. The molecule has 0 aliphatic heterocycles.